The maximum atomic E-state index is 12.7. The predicted molar refractivity (Wildman–Crippen MR) is 98.1 cm³/mol. The molecule has 0 saturated carbocycles. The summed E-state index contributed by atoms with van der Waals surface area (Å²) in [7, 11) is 0. The van der Waals surface area contributed by atoms with Crippen LogP contribution >= 0.6 is 11.6 Å². The molecule has 0 radical (unpaired) electrons. The van der Waals surface area contributed by atoms with Crippen LogP contribution in [0.4, 0.5) is 11.4 Å². The average Bonchev–Trinajstić information content (AvgIpc) is 3.12. The summed E-state index contributed by atoms with van der Waals surface area (Å²) in [6.45, 7) is 1.02. The summed E-state index contributed by atoms with van der Waals surface area (Å²) in [6, 6.07) is 12.0. The van der Waals surface area contributed by atoms with Gasteiger partial charge in [-0.1, -0.05) is 11.6 Å². The van der Waals surface area contributed by atoms with Crippen LogP contribution < -0.4 is 36.5 Å². The monoisotopic (exact) mass is 375 g/mol. The molecule has 5 N–H and O–H groups in total. The van der Waals surface area contributed by atoms with Crippen LogP contribution in [0.15, 0.2) is 42.5 Å². The zero-order valence-electron chi connectivity index (χ0n) is 13.7. The van der Waals surface area contributed by atoms with Crippen molar-refractivity contribution < 1.29 is 14.3 Å². The van der Waals surface area contributed by atoms with Gasteiger partial charge in [-0.15, -0.1) is 0 Å². The molecule has 0 bridgehead atoms. The van der Waals surface area contributed by atoms with Crippen LogP contribution in [0, 0.1) is 0 Å². The van der Waals surface area contributed by atoms with E-state index < -0.39 is 6.04 Å². The van der Waals surface area contributed by atoms with Gasteiger partial charge in [-0.2, -0.15) is 5.53 Å². The van der Waals surface area contributed by atoms with Crippen molar-refractivity contribution in [3.05, 3.63) is 47.5 Å². The lowest BCUT2D eigenvalue weighted by Crippen LogP contribution is -2.47. The molecule has 0 spiro atoms. The van der Waals surface area contributed by atoms with E-state index >= 15 is 0 Å². The van der Waals surface area contributed by atoms with Crippen molar-refractivity contribution in [2.45, 2.75) is 12.2 Å². The van der Waals surface area contributed by atoms with Crippen LogP contribution in [0.25, 0.3) is 0 Å². The number of anilines is 2. The molecule has 9 heteroatoms. The Morgan fingerprint density at radius 1 is 1.00 bits per heavy atom. The van der Waals surface area contributed by atoms with Gasteiger partial charge in [-0.05, 0) is 36.4 Å². The van der Waals surface area contributed by atoms with E-state index in [2.05, 4.69) is 27.0 Å². The standard InChI is InChI=1S/C17H18ClN5O3/c18-10-1-3-11(4-2-10)19-16-15(21-23-22-16)17(24)20-12-5-6-13-14(9-12)26-8-7-25-13/h1-6,9,15-16,19,21-23H,7-8H2,(H,20,24). The van der Waals surface area contributed by atoms with E-state index in [1.807, 2.05) is 12.1 Å². The number of amides is 1. The van der Waals surface area contributed by atoms with Crippen LogP contribution in [-0.4, -0.2) is 31.3 Å². The molecule has 2 heterocycles. The second-order valence-electron chi connectivity index (χ2n) is 5.87. The smallest absolute Gasteiger partial charge is 0.246 e. The highest BCUT2D eigenvalue weighted by Crippen LogP contribution is 2.32. The highest BCUT2D eigenvalue weighted by atomic mass is 35.5. The van der Waals surface area contributed by atoms with Gasteiger partial charge in [0.25, 0.3) is 0 Å². The number of nitrogens with one attached hydrogen (secondary N) is 5. The normalized spacial score (nSPS) is 21.3. The Hall–Kier alpha value is -2.52. The first-order chi connectivity index (χ1) is 12.7. The van der Waals surface area contributed by atoms with E-state index in [0.717, 1.165) is 5.69 Å². The molecule has 2 aromatic rings. The summed E-state index contributed by atoms with van der Waals surface area (Å²) >= 11 is 5.90. The van der Waals surface area contributed by atoms with Gasteiger partial charge >= 0.3 is 0 Å². The van der Waals surface area contributed by atoms with Crippen molar-refractivity contribution in [2.24, 2.45) is 0 Å². The van der Waals surface area contributed by atoms with Crippen LogP contribution in [-0.2, 0) is 4.79 Å². The van der Waals surface area contributed by atoms with Gasteiger partial charge in [-0.25, -0.2) is 10.9 Å². The van der Waals surface area contributed by atoms with E-state index in [0.29, 0.717) is 35.4 Å². The first kappa shape index (κ1) is 16.9. The van der Waals surface area contributed by atoms with Gasteiger partial charge in [0.15, 0.2) is 11.5 Å². The third kappa shape index (κ3) is 3.68. The SMILES string of the molecule is O=C(Nc1ccc2c(c1)OCCO2)C1NNNC1Nc1ccc(Cl)cc1. The number of ether oxygens (including phenoxy) is 2. The lowest BCUT2D eigenvalue weighted by atomic mass is 10.2. The Balaban J connectivity index is 1.42. The van der Waals surface area contributed by atoms with Crippen LogP contribution in [0.5, 0.6) is 11.5 Å². The zero-order chi connectivity index (χ0) is 17.9. The Labute approximate surface area is 155 Å². The van der Waals surface area contributed by atoms with Crippen molar-refractivity contribution in [2.75, 3.05) is 23.8 Å². The molecule has 8 nitrogen and oxygen atoms in total. The summed E-state index contributed by atoms with van der Waals surface area (Å²) in [6.07, 6.45) is -0.353. The lowest BCUT2D eigenvalue weighted by molar-refractivity contribution is -0.118. The van der Waals surface area contributed by atoms with Crippen molar-refractivity contribution in [3.8, 4) is 11.5 Å². The summed E-state index contributed by atoms with van der Waals surface area (Å²) in [5, 5.41) is 6.77. The predicted octanol–water partition coefficient (Wildman–Crippen LogP) is 1.47. The maximum absolute atomic E-state index is 12.7. The molecule has 2 aromatic carbocycles. The molecule has 4 rings (SSSR count). The van der Waals surface area contributed by atoms with E-state index in [4.69, 9.17) is 21.1 Å². The number of hydrogen-bond acceptors (Lipinski definition) is 7. The topological polar surface area (TPSA) is 95.7 Å². The fraction of sp³-hybridized carbons (Fsp3) is 0.235. The molecular formula is C17H18ClN5O3. The van der Waals surface area contributed by atoms with Gasteiger partial charge in [0, 0.05) is 22.5 Å². The Bertz CT molecular complexity index is 801. The van der Waals surface area contributed by atoms with E-state index in [1.54, 1.807) is 30.3 Å². The molecule has 2 unspecified atom stereocenters. The Morgan fingerprint density at radius 2 is 1.73 bits per heavy atom. The molecule has 0 aromatic heterocycles. The number of hydrazine groups is 2. The molecule has 1 saturated heterocycles. The minimum atomic E-state index is -0.543. The third-order valence-electron chi connectivity index (χ3n) is 4.05. The number of halogens is 1. The van der Waals surface area contributed by atoms with E-state index in [-0.39, 0.29) is 12.1 Å². The number of benzene rings is 2. The zero-order valence-corrected chi connectivity index (χ0v) is 14.5. The molecule has 2 aliphatic heterocycles. The van der Waals surface area contributed by atoms with Crippen LogP contribution in [0.2, 0.25) is 5.02 Å². The van der Waals surface area contributed by atoms with Crippen molar-refractivity contribution >= 4 is 28.9 Å². The van der Waals surface area contributed by atoms with Crippen molar-refractivity contribution in [1.29, 1.82) is 0 Å². The van der Waals surface area contributed by atoms with Gasteiger partial charge in [0.1, 0.15) is 25.4 Å². The lowest BCUT2D eigenvalue weighted by Gasteiger charge is -2.21. The van der Waals surface area contributed by atoms with Gasteiger partial charge in [0.2, 0.25) is 5.91 Å². The summed E-state index contributed by atoms with van der Waals surface area (Å²) in [5.41, 5.74) is 10.1. The fourth-order valence-corrected chi connectivity index (χ4v) is 2.89. The summed E-state index contributed by atoms with van der Waals surface area (Å²) in [4.78, 5) is 12.7. The molecule has 26 heavy (non-hydrogen) atoms. The minimum Gasteiger partial charge on any atom is -0.486 e. The van der Waals surface area contributed by atoms with Crippen LogP contribution in [0.1, 0.15) is 0 Å². The number of hydrogen-bond donors (Lipinski definition) is 5. The molecule has 1 amide bonds. The highest BCUT2D eigenvalue weighted by molar-refractivity contribution is 6.30. The summed E-state index contributed by atoms with van der Waals surface area (Å²) < 4.78 is 11.0. The number of fused-ring (bicyclic) bond motifs is 1. The third-order valence-corrected chi connectivity index (χ3v) is 4.30. The minimum absolute atomic E-state index is 0.203. The molecule has 2 atom stereocenters. The summed E-state index contributed by atoms with van der Waals surface area (Å²) in [5.74, 6) is 1.10. The van der Waals surface area contributed by atoms with E-state index in [1.165, 1.54) is 0 Å². The molecule has 1 fully saturated rings. The number of carbonyl (C=O) groups excluding carboxylic acids is 1. The first-order valence-electron chi connectivity index (χ1n) is 8.18. The first-order valence-corrected chi connectivity index (χ1v) is 8.55. The Kier molecular flexibility index (Phi) is 4.81. The van der Waals surface area contributed by atoms with Crippen molar-refractivity contribution in [3.63, 3.8) is 0 Å². The molecule has 2 aliphatic rings. The van der Waals surface area contributed by atoms with E-state index in [9.17, 15) is 4.79 Å². The molecule has 0 aliphatic carbocycles. The second-order valence-corrected chi connectivity index (χ2v) is 6.30. The molecular weight excluding hydrogens is 358 g/mol. The van der Waals surface area contributed by atoms with Crippen LogP contribution in [0.3, 0.4) is 0 Å². The van der Waals surface area contributed by atoms with Gasteiger partial charge < -0.3 is 20.1 Å². The number of carbonyl (C=O) groups is 1. The van der Waals surface area contributed by atoms with Gasteiger partial charge in [0.05, 0.1) is 0 Å². The second kappa shape index (κ2) is 7.38. The largest absolute Gasteiger partial charge is 0.486 e. The Morgan fingerprint density at radius 3 is 2.54 bits per heavy atom. The van der Waals surface area contributed by atoms with Crippen molar-refractivity contribution in [1.82, 2.24) is 16.4 Å². The molecule has 136 valence electrons. The van der Waals surface area contributed by atoms with Gasteiger partial charge in [-0.3, -0.25) is 4.79 Å². The highest BCUT2D eigenvalue weighted by Gasteiger charge is 2.33. The average molecular weight is 376 g/mol. The fourth-order valence-electron chi connectivity index (χ4n) is 2.77. The number of rotatable bonds is 4. The quantitative estimate of drug-likeness (QED) is 0.552. The maximum Gasteiger partial charge on any atom is 0.246 e.